The van der Waals surface area contributed by atoms with Crippen LogP contribution in [0, 0.1) is 5.41 Å². The van der Waals surface area contributed by atoms with E-state index in [9.17, 15) is 9.59 Å². The van der Waals surface area contributed by atoms with Gasteiger partial charge in [0.1, 0.15) is 5.71 Å². The predicted molar refractivity (Wildman–Crippen MR) is 75.2 cm³/mol. The van der Waals surface area contributed by atoms with Gasteiger partial charge in [-0.25, -0.2) is 4.79 Å². The van der Waals surface area contributed by atoms with Crippen LogP contribution in [-0.2, 0) is 20.7 Å². The maximum Gasteiger partial charge on any atom is 0.350 e. The van der Waals surface area contributed by atoms with Crippen molar-refractivity contribution in [2.24, 2.45) is 0 Å². The van der Waals surface area contributed by atoms with Gasteiger partial charge in [-0.05, 0) is 24.0 Å². The molecule has 5 nitrogen and oxygen atoms in total. The number of carboxylic acid groups (broad SMARTS) is 1. The van der Waals surface area contributed by atoms with Crippen LogP contribution in [-0.4, -0.2) is 29.9 Å². The first-order valence-corrected chi connectivity index (χ1v) is 6.47. The number of carboxylic acids is 1. The molecule has 0 amide bonds. The summed E-state index contributed by atoms with van der Waals surface area (Å²) in [6.45, 7) is 1.85. The first-order chi connectivity index (χ1) is 9.49. The van der Waals surface area contributed by atoms with Crippen molar-refractivity contribution in [3.63, 3.8) is 0 Å². The molecule has 0 aromatic heterocycles. The van der Waals surface area contributed by atoms with Crippen molar-refractivity contribution in [1.82, 2.24) is 0 Å². The van der Waals surface area contributed by atoms with Gasteiger partial charge < -0.3 is 9.84 Å². The quantitative estimate of drug-likeness (QED) is 0.591. The van der Waals surface area contributed by atoms with Crippen molar-refractivity contribution < 1.29 is 19.4 Å². The molecule has 1 atom stereocenters. The number of carbonyl (C=O) groups excluding carboxylic acids is 1. The third kappa shape index (κ3) is 4.19. The predicted octanol–water partition coefficient (Wildman–Crippen LogP) is 2.39. The summed E-state index contributed by atoms with van der Waals surface area (Å²) in [5.41, 5.74) is 1.49. The summed E-state index contributed by atoms with van der Waals surface area (Å²) < 4.78 is 4.58. The van der Waals surface area contributed by atoms with E-state index in [0.29, 0.717) is 19.3 Å². The van der Waals surface area contributed by atoms with E-state index in [-0.39, 0.29) is 11.7 Å². The van der Waals surface area contributed by atoms with Crippen LogP contribution in [0.5, 0.6) is 0 Å². The van der Waals surface area contributed by atoms with Crippen LogP contribution in [0.25, 0.3) is 0 Å². The molecular formula is C15H19NO4. The van der Waals surface area contributed by atoms with E-state index in [1.54, 1.807) is 0 Å². The third-order valence-electron chi connectivity index (χ3n) is 3.21. The van der Waals surface area contributed by atoms with E-state index in [2.05, 4.69) is 4.74 Å². The highest BCUT2D eigenvalue weighted by Gasteiger charge is 2.20. The van der Waals surface area contributed by atoms with Crippen LogP contribution < -0.4 is 0 Å². The maximum atomic E-state index is 11.1. The Morgan fingerprint density at radius 3 is 2.35 bits per heavy atom. The number of aliphatic carboxylic acids is 1. The number of nitrogens with one attached hydrogen (secondary N) is 1. The number of hydrogen-bond donors (Lipinski definition) is 2. The van der Waals surface area contributed by atoms with Crippen molar-refractivity contribution >= 4 is 17.7 Å². The second-order valence-electron chi connectivity index (χ2n) is 4.50. The first kappa shape index (κ1) is 15.9. The normalized spacial score (nSPS) is 11.7. The van der Waals surface area contributed by atoms with Gasteiger partial charge in [0.15, 0.2) is 0 Å². The van der Waals surface area contributed by atoms with Gasteiger partial charge in [-0.15, -0.1) is 0 Å². The van der Waals surface area contributed by atoms with Crippen molar-refractivity contribution in [1.29, 1.82) is 5.41 Å². The minimum Gasteiger partial charge on any atom is -0.477 e. The molecule has 0 aliphatic rings. The fraction of sp³-hybridized carbons (Fsp3) is 0.400. The number of hydrogen-bond acceptors (Lipinski definition) is 4. The van der Waals surface area contributed by atoms with E-state index in [1.165, 1.54) is 7.11 Å². The summed E-state index contributed by atoms with van der Waals surface area (Å²) in [6, 6.07) is 7.35. The van der Waals surface area contributed by atoms with Gasteiger partial charge in [0.2, 0.25) is 0 Å². The standard InChI is InChI=1S/C15H19NO4/c1-3-12(14(16)15(18)19)11-7-4-10(5-8-11)6-9-13(17)20-2/h4-5,7-8,12,16H,3,6,9H2,1-2H3,(H,18,19)/t12-/m0/s1. The zero-order valence-corrected chi connectivity index (χ0v) is 11.7. The van der Waals surface area contributed by atoms with E-state index < -0.39 is 11.9 Å². The number of ether oxygens (including phenoxy) is 1. The molecular weight excluding hydrogens is 258 g/mol. The molecule has 0 heterocycles. The summed E-state index contributed by atoms with van der Waals surface area (Å²) in [4.78, 5) is 21.9. The molecule has 0 saturated carbocycles. The van der Waals surface area contributed by atoms with Gasteiger partial charge in [-0.1, -0.05) is 31.2 Å². The fourth-order valence-electron chi connectivity index (χ4n) is 2.02. The molecule has 0 aliphatic carbocycles. The Kier molecular flexibility index (Phi) is 5.90. The highest BCUT2D eigenvalue weighted by atomic mass is 16.5. The lowest BCUT2D eigenvalue weighted by molar-refractivity contribution is -0.140. The number of rotatable bonds is 7. The number of carbonyl (C=O) groups is 2. The van der Waals surface area contributed by atoms with Gasteiger partial charge in [-0.2, -0.15) is 0 Å². The van der Waals surface area contributed by atoms with Crippen LogP contribution in [0.3, 0.4) is 0 Å². The second kappa shape index (κ2) is 7.43. The number of esters is 1. The molecule has 1 aromatic rings. The average molecular weight is 277 g/mol. The van der Waals surface area contributed by atoms with Crippen LogP contribution in [0.15, 0.2) is 24.3 Å². The summed E-state index contributed by atoms with van der Waals surface area (Å²) >= 11 is 0. The summed E-state index contributed by atoms with van der Waals surface area (Å²) in [5, 5.41) is 16.5. The van der Waals surface area contributed by atoms with Crippen LogP contribution in [0.2, 0.25) is 0 Å². The number of benzene rings is 1. The number of aryl methyl sites for hydroxylation is 1. The molecule has 0 spiro atoms. The lowest BCUT2D eigenvalue weighted by Crippen LogP contribution is -2.20. The average Bonchev–Trinajstić information content (AvgIpc) is 2.46. The molecule has 0 aliphatic heterocycles. The maximum absolute atomic E-state index is 11.1. The first-order valence-electron chi connectivity index (χ1n) is 6.47. The zero-order chi connectivity index (χ0) is 15.1. The molecule has 0 saturated heterocycles. The molecule has 108 valence electrons. The molecule has 0 bridgehead atoms. The van der Waals surface area contributed by atoms with Gasteiger partial charge in [-0.3, -0.25) is 10.2 Å². The van der Waals surface area contributed by atoms with Crippen molar-refractivity contribution in [2.45, 2.75) is 32.1 Å². The SMILES string of the molecule is CC[C@H](C(=N)C(=O)O)c1ccc(CCC(=O)OC)cc1. The molecule has 5 heteroatoms. The van der Waals surface area contributed by atoms with Crippen molar-refractivity contribution in [3.05, 3.63) is 35.4 Å². The Morgan fingerprint density at radius 1 is 1.30 bits per heavy atom. The minimum absolute atomic E-state index is 0.256. The van der Waals surface area contributed by atoms with E-state index >= 15 is 0 Å². The summed E-state index contributed by atoms with van der Waals surface area (Å²) in [6.07, 6.45) is 1.46. The van der Waals surface area contributed by atoms with E-state index in [4.69, 9.17) is 10.5 Å². The van der Waals surface area contributed by atoms with Crippen LogP contribution in [0.1, 0.15) is 36.8 Å². The molecule has 20 heavy (non-hydrogen) atoms. The largest absolute Gasteiger partial charge is 0.477 e. The molecule has 0 unspecified atom stereocenters. The smallest absolute Gasteiger partial charge is 0.350 e. The highest BCUT2D eigenvalue weighted by Crippen LogP contribution is 2.21. The molecule has 0 radical (unpaired) electrons. The Balaban J connectivity index is 2.76. The summed E-state index contributed by atoms with van der Waals surface area (Å²) in [5.74, 6) is -1.85. The molecule has 1 rings (SSSR count). The molecule has 2 N–H and O–H groups in total. The van der Waals surface area contributed by atoms with Gasteiger partial charge in [0.25, 0.3) is 0 Å². The van der Waals surface area contributed by atoms with Gasteiger partial charge in [0, 0.05) is 12.3 Å². The Hall–Kier alpha value is -2.17. The van der Waals surface area contributed by atoms with Gasteiger partial charge >= 0.3 is 11.9 Å². The minimum atomic E-state index is -1.19. The Labute approximate surface area is 118 Å². The lowest BCUT2D eigenvalue weighted by atomic mass is 9.90. The monoisotopic (exact) mass is 277 g/mol. The van der Waals surface area contributed by atoms with E-state index in [1.807, 2.05) is 31.2 Å². The zero-order valence-electron chi connectivity index (χ0n) is 11.7. The topological polar surface area (TPSA) is 87.5 Å². The Morgan fingerprint density at radius 2 is 1.90 bits per heavy atom. The van der Waals surface area contributed by atoms with Crippen molar-refractivity contribution in [3.8, 4) is 0 Å². The van der Waals surface area contributed by atoms with Gasteiger partial charge in [0.05, 0.1) is 7.11 Å². The fourth-order valence-corrected chi connectivity index (χ4v) is 2.02. The lowest BCUT2D eigenvalue weighted by Gasteiger charge is -2.14. The Bertz CT molecular complexity index is 493. The third-order valence-corrected chi connectivity index (χ3v) is 3.21. The van der Waals surface area contributed by atoms with Crippen LogP contribution >= 0.6 is 0 Å². The second-order valence-corrected chi connectivity index (χ2v) is 4.50. The van der Waals surface area contributed by atoms with Crippen LogP contribution in [0.4, 0.5) is 0 Å². The summed E-state index contributed by atoms with van der Waals surface area (Å²) in [7, 11) is 1.36. The van der Waals surface area contributed by atoms with Crippen molar-refractivity contribution in [2.75, 3.05) is 7.11 Å². The number of methoxy groups -OCH3 is 1. The molecule has 1 aromatic carbocycles. The van der Waals surface area contributed by atoms with E-state index in [0.717, 1.165) is 11.1 Å². The molecule has 0 fully saturated rings. The highest BCUT2D eigenvalue weighted by molar-refractivity contribution is 6.36.